The summed E-state index contributed by atoms with van der Waals surface area (Å²) in [6.45, 7) is -0.908. The molecule has 1 N–H and O–H groups in total. The zero-order chi connectivity index (χ0) is 16.7. The molecule has 0 heterocycles. The highest BCUT2D eigenvalue weighted by molar-refractivity contribution is 5.81. The van der Waals surface area contributed by atoms with Gasteiger partial charge in [0.25, 0.3) is 5.91 Å². The number of rotatable bonds is 6. The van der Waals surface area contributed by atoms with Gasteiger partial charge < -0.3 is 14.8 Å². The van der Waals surface area contributed by atoms with Crippen LogP contribution in [0.15, 0.2) is 24.3 Å². The lowest BCUT2D eigenvalue weighted by Gasteiger charge is -2.21. The summed E-state index contributed by atoms with van der Waals surface area (Å²) in [7, 11) is 0. The second-order valence-electron chi connectivity index (χ2n) is 5.36. The van der Waals surface area contributed by atoms with Gasteiger partial charge >= 0.3 is 5.97 Å². The van der Waals surface area contributed by atoms with E-state index < -0.39 is 36.4 Å². The van der Waals surface area contributed by atoms with Crippen LogP contribution < -0.4 is 10.1 Å². The molecule has 0 unspecified atom stereocenters. The van der Waals surface area contributed by atoms with Crippen LogP contribution in [0.1, 0.15) is 25.7 Å². The van der Waals surface area contributed by atoms with Gasteiger partial charge in [-0.25, -0.2) is 9.18 Å². The Kier molecular flexibility index (Phi) is 5.52. The van der Waals surface area contributed by atoms with Gasteiger partial charge in [0.15, 0.2) is 13.2 Å². The van der Waals surface area contributed by atoms with Crippen molar-refractivity contribution in [2.45, 2.75) is 31.2 Å². The van der Waals surface area contributed by atoms with Gasteiger partial charge in [0, 0.05) is 6.07 Å². The van der Waals surface area contributed by atoms with E-state index >= 15 is 0 Å². The molecule has 1 aromatic rings. The lowest BCUT2D eigenvalue weighted by atomic mass is 10.00. The first-order valence-electron chi connectivity index (χ1n) is 7.29. The number of hydrogen-bond donors (Lipinski definition) is 1. The van der Waals surface area contributed by atoms with Gasteiger partial charge in [0.2, 0.25) is 0 Å². The highest BCUT2D eigenvalue weighted by Crippen LogP contribution is 2.28. The number of ether oxygens (including phenoxy) is 2. The number of hydrogen-bond acceptors (Lipinski definition) is 5. The number of esters is 1. The molecule has 1 saturated carbocycles. The largest absolute Gasteiger partial charge is 0.482 e. The Labute approximate surface area is 133 Å². The van der Waals surface area contributed by atoms with Gasteiger partial charge in [0.1, 0.15) is 17.1 Å². The van der Waals surface area contributed by atoms with E-state index in [1.54, 1.807) is 0 Å². The van der Waals surface area contributed by atoms with E-state index in [1.165, 1.54) is 18.2 Å². The molecule has 1 aliphatic carbocycles. The normalized spacial score (nSPS) is 15.5. The molecule has 1 fully saturated rings. The van der Waals surface area contributed by atoms with Crippen molar-refractivity contribution in [3.05, 3.63) is 30.1 Å². The van der Waals surface area contributed by atoms with Crippen molar-refractivity contribution in [2.75, 3.05) is 13.2 Å². The quantitative estimate of drug-likeness (QED) is 0.806. The van der Waals surface area contributed by atoms with Gasteiger partial charge in [-0.2, -0.15) is 5.26 Å². The summed E-state index contributed by atoms with van der Waals surface area (Å²) in [5.74, 6) is -1.55. The van der Waals surface area contributed by atoms with Crippen LogP contribution in [0, 0.1) is 17.1 Å². The van der Waals surface area contributed by atoms with Gasteiger partial charge in [-0.1, -0.05) is 6.07 Å². The lowest BCUT2D eigenvalue weighted by molar-refractivity contribution is -0.150. The second kappa shape index (κ2) is 7.58. The summed E-state index contributed by atoms with van der Waals surface area (Å²) >= 11 is 0. The van der Waals surface area contributed by atoms with Gasteiger partial charge in [-0.15, -0.1) is 0 Å². The maximum Gasteiger partial charge on any atom is 0.344 e. The summed E-state index contributed by atoms with van der Waals surface area (Å²) in [6, 6.07) is 7.46. The minimum Gasteiger partial charge on any atom is -0.482 e. The van der Waals surface area contributed by atoms with Crippen LogP contribution in [0.3, 0.4) is 0 Å². The summed E-state index contributed by atoms with van der Waals surface area (Å²) in [5, 5.41) is 11.8. The number of amides is 1. The molecule has 0 aromatic heterocycles. The zero-order valence-electron chi connectivity index (χ0n) is 12.5. The third-order valence-electron chi connectivity index (χ3n) is 3.57. The van der Waals surface area contributed by atoms with Crippen molar-refractivity contribution in [1.82, 2.24) is 5.32 Å². The molecular formula is C16H17FN2O4. The van der Waals surface area contributed by atoms with E-state index in [9.17, 15) is 14.0 Å². The molecule has 1 aliphatic rings. The van der Waals surface area contributed by atoms with Crippen LogP contribution in [-0.4, -0.2) is 30.6 Å². The first kappa shape index (κ1) is 16.7. The monoisotopic (exact) mass is 320 g/mol. The summed E-state index contributed by atoms with van der Waals surface area (Å²) in [6.07, 6.45) is 2.97. The Morgan fingerprint density at radius 1 is 1.30 bits per heavy atom. The summed E-state index contributed by atoms with van der Waals surface area (Å²) in [4.78, 5) is 23.3. The van der Waals surface area contributed by atoms with Crippen LogP contribution in [0.2, 0.25) is 0 Å². The smallest absolute Gasteiger partial charge is 0.344 e. The first-order chi connectivity index (χ1) is 11.0. The van der Waals surface area contributed by atoms with Crippen LogP contribution in [-0.2, 0) is 14.3 Å². The van der Waals surface area contributed by atoms with Crippen molar-refractivity contribution in [3.63, 3.8) is 0 Å². The molecule has 0 bridgehead atoms. The minimum absolute atomic E-state index is 0.195. The average Bonchev–Trinajstić information content (AvgIpc) is 3.00. The Morgan fingerprint density at radius 3 is 2.70 bits per heavy atom. The molecule has 1 aromatic carbocycles. The van der Waals surface area contributed by atoms with E-state index in [0.717, 1.165) is 18.9 Å². The third-order valence-corrected chi connectivity index (χ3v) is 3.57. The second-order valence-corrected chi connectivity index (χ2v) is 5.36. The van der Waals surface area contributed by atoms with Gasteiger partial charge in [-0.05, 0) is 37.8 Å². The van der Waals surface area contributed by atoms with E-state index in [-0.39, 0.29) is 5.75 Å². The standard InChI is InChI=1S/C16H17FN2O4/c17-12-4-3-5-13(8-12)22-10-15(21)23-9-14(20)19-16(11-18)6-1-2-7-16/h3-5,8H,1-2,6-7,9-10H2,(H,19,20). The molecule has 0 saturated heterocycles. The Hall–Kier alpha value is -2.62. The number of nitrogens with zero attached hydrogens (tertiary/aromatic N) is 1. The predicted octanol–water partition coefficient (Wildman–Crippen LogP) is 1.70. The summed E-state index contributed by atoms with van der Waals surface area (Å²) < 4.78 is 22.8. The molecule has 1 amide bonds. The molecule has 7 heteroatoms. The first-order valence-corrected chi connectivity index (χ1v) is 7.29. The fourth-order valence-electron chi connectivity index (χ4n) is 2.43. The Morgan fingerprint density at radius 2 is 2.04 bits per heavy atom. The Bertz CT molecular complexity index is 621. The number of carbonyl (C=O) groups is 2. The maximum absolute atomic E-state index is 12.9. The van der Waals surface area contributed by atoms with Crippen molar-refractivity contribution in [3.8, 4) is 11.8 Å². The van der Waals surface area contributed by atoms with Crippen LogP contribution in [0.4, 0.5) is 4.39 Å². The molecule has 0 radical (unpaired) electrons. The molecule has 122 valence electrons. The van der Waals surface area contributed by atoms with Crippen molar-refractivity contribution in [2.24, 2.45) is 0 Å². The van der Waals surface area contributed by atoms with Crippen LogP contribution in [0.5, 0.6) is 5.75 Å². The highest BCUT2D eigenvalue weighted by atomic mass is 19.1. The van der Waals surface area contributed by atoms with Crippen molar-refractivity contribution < 1.29 is 23.5 Å². The van der Waals surface area contributed by atoms with E-state index in [0.29, 0.717) is 12.8 Å². The predicted molar refractivity (Wildman–Crippen MR) is 77.8 cm³/mol. The molecule has 0 aliphatic heterocycles. The number of carbonyl (C=O) groups excluding carboxylic acids is 2. The fourth-order valence-corrected chi connectivity index (χ4v) is 2.43. The van der Waals surface area contributed by atoms with E-state index in [1.807, 2.05) is 0 Å². The molecule has 23 heavy (non-hydrogen) atoms. The molecule has 2 rings (SSSR count). The number of benzene rings is 1. The maximum atomic E-state index is 12.9. The number of nitriles is 1. The van der Waals surface area contributed by atoms with Gasteiger partial charge in [0.05, 0.1) is 6.07 Å². The SMILES string of the molecule is N#CC1(NC(=O)COC(=O)COc2cccc(F)c2)CCCC1. The average molecular weight is 320 g/mol. The van der Waals surface area contributed by atoms with Crippen LogP contribution >= 0.6 is 0 Å². The number of halogens is 1. The highest BCUT2D eigenvalue weighted by Gasteiger charge is 2.35. The van der Waals surface area contributed by atoms with E-state index in [2.05, 4.69) is 11.4 Å². The molecular weight excluding hydrogens is 303 g/mol. The topological polar surface area (TPSA) is 88.4 Å². The van der Waals surface area contributed by atoms with Crippen molar-refractivity contribution in [1.29, 1.82) is 5.26 Å². The van der Waals surface area contributed by atoms with Crippen molar-refractivity contribution >= 4 is 11.9 Å². The minimum atomic E-state index is -0.846. The van der Waals surface area contributed by atoms with Gasteiger partial charge in [-0.3, -0.25) is 4.79 Å². The van der Waals surface area contributed by atoms with Crippen LogP contribution in [0.25, 0.3) is 0 Å². The molecule has 0 spiro atoms. The molecule has 0 atom stereocenters. The lowest BCUT2D eigenvalue weighted by Crippen LogP contribution is -2.46. The Balaban J connectivity index is 1.71. The van der Waals surface area contributed by atoms with E-state index in [4.69, 9.17) is 14.7 Å². The third kappa shape index (κ3) is 4.95. The summed E-state index contributed by atoms with van der Waals surface area (Å²) in [5.41, 5.74) is -0.846. The number of nitrogens with one attached hydrogen (secondary N) is 1. The molecule has 6 nitrogen and oxygen atoms in total. The zero-order valence-corrected chi connectivity index (χ0v) is 12.5. The fraction of sp³-hybridized carbons (Fsp3) is 0.438.